The fourth-order valence-electron chi connectivity index (χ4n) is 2.73. The first kappa shape index (κ1) is 14.1. The van der Waals surface area contributed by atoms with E-state index in [4.69, 9.17) is 5.73 Å². The second-order valence-electron chi connectivity index (χ2n) is 5.55. The van der Waals surface area contributed by atoms with Gasteiger partial charge in [-0.15, -0.1) is 0 Å². The minimum Gasteiger partial charge on any atom is -0.398 e. The van der Waals surface area contributed by atoms with Crippen molar-refractivity contribution in [1.82, 2.24) is 4.90 Å². The molecule has 0 radical (unpaired) electrons. The molecule has 4 nitrogen and oxygen atoms in total. The van der Waals surface area contributed by atoms with Gasteiger partial charge in [-0.2, -0.15) is 0 Å². The van der Waals surface area contributed by atoms with Gasteiger partial charge in [-0.25, -0.2) is 8.42 Å². The van der Waals surface area contributed by atoms with Crippen molar-refractivity contribution in [2.24, 2.45) is 0 Å². The lowest BCUT2D eigenvalue weighted by molar-refractivity contribution is 0.275. The molecule has 110 valence electrons. The van der Waals surface area contributed by atoms with Gasteiger partial charge in [0, 0.05) is 31.6 Å². The number of rotatable bonds is 3. The van der Waals surface area contributed by atoms with Gasteiger partial charge >= 0.3 is 0 Å². The lowest BCUT2D eigenvalue weighted by atomic mass is 10.1. The molecule has 3 rings (SSSR count). The summed E-state index contributed by atoms with van der Waals surface area (Å²) < 4.78 is 22.9. The number of nitrogens with zero attached hydrogens (tertiary/aromatic N) is 1. The summed E-state index contributed by atoms with van der Waals surface area (Å²) in [6, 6.07) is 13.1. The quantitative estimate of drug-likeness (QED) is 0.883. The predicted molar refractivity (Wildman–Crippen MR) is 83.4 cm³/mol. The van der Waals surface area contributed by atoms with E-state index in [1.807, 2.05) is 24.3 Å². The SMILES string of the molecule is CS(=O)(=O)c1ccc(CN2Cc3cccc(N)c3C2)cc1. The minimum atomic E-state index is -3.13. The van der Waals surface area contributed by atoms with Crippen molar-refractivity contribution in [3.63, 3.8) is 0 Å². The highest BCUT2D eigenvalue weighted by Gasteiger charge is 2.20. The summed E-state index contributed by atoms with van der Waals surface area (Å²) in [5.41, 5.74) is 10.5. The van der Waals surface area contributed by atoms with Crippen LogP contribution in [0.1, 0.15) is 16.7 Å². The van der Waals surface area contributed by atoms with E-state index in [0.29, 0.717) is 4.90 Å². The van der Waals surface area contributed by atoms with E-state index in [1.54, 1.807) is 12.1 Å². The van der Waals surface area contributed by atoms with Crippen LogP contribution in [0.4, 0.5) is 5.69 Å². The van der Waals surface area contributed by atoms with Gasteiger partial charge in [-0.1, -0.05) is 24.3 Å². The minimum absolute atomic E-state index is 0.361. The topological polar surface area (TPSA) is 63.4 Å². The van der Waals surface area contributed by atoms with Gasteiger partial charge in [-0.3, -0.25) is 4.90 Å². The number of nitrogen functional groups attached to an aromatic ring is 1. The first-order valence-electron chi connectivity index (χ1n) is 6.81. The van der Waals surface area contributed by atoms with Gasteiger partial charge in [-0.05, 0) is 34.9 Å². The number of hydrogen-bond donors (Lipinski definition) is 1. The van der Waals surface area contributed by atoms with Crippen molar-refractivity contribution < 1.29 is 8.42 Å². The summed E-state index contributed by atoms with van der Waals surface area (Å²) in [5.74, 6) is 0. The molecule has 2 aromatic rings. The van der Waals surface area contributed by atoms with Crippen molar-refractivity contribution in [2.75, 3.05) is 12.0 Å². The first-order chi connectivity index (χ1) is 9.93. The fourth-order valence-corrected chi connectivity index (χ4v) is 3.36. The molecule has 1 heterocycles. The third-order valence-electron chi connectivity index (χ3n) is 3.84. The van der Waals surface area contributed by atoms with E-state index in [2.05, 4.69) is 11.0 Å². The van der Waals surface area contributed by atoms with Gasteiger partial charge in [0.2, 0.25) is 0 Å². The van der Waals surface area contributed by atoms with E-state index in [0.717, 1.165) is 30.9 Å². The Balaban J connectivity index is 1.73. The summed E-state index contributed by atoms with van der Waals surface area (Å²) >= 11 is 0. The average Bonchev–Trinajstić information content (AvgIpc) is 2.82. The van der Waals surface area contributed by atoms with Crippen LogP contribution in [-0.2, 0) is 29.5 Å². The summed E-state index contributed by atoms with van der Waals surface area (Å²) in [7, 11) is -3.13. The van der Waals surface area contributed by atoms with Crippen LogP contribution in [0, 0.1) is 0 Å². The van der Waals surface area contributed by atoms with Gasteiger partial charge < -0.3 is 5.73 Å². The largest absolute Gasteiger partial charge is 0.398 e. The van der Waals surface area contributed by atoms with Gasteiger partial charge in [0.15, 0.2) is 9.84 Å². The summed E-state index contributed by atoms with van der Waals surface area (Å²) in [6.07, 6.45) is 1.22. The van der Waals surface area contributed by atoms with Crippen molar-refractivity contribution in [3.05, 3.63) is 59.2 Å². The highest BCUT2D eigenvalue weighted by Crippen LogP contribution is 2.28. The normalized spacial score (nSPS) is 15.1. The lowest BCUT2D eigenvalue weighted by Gasteiger charge is -2.15. The second kappa shape index (κ2) is 5.16. The van der Waals surface area contributed by atoms with E-state index in [9.17, 15) is 8.42 Å². The zero-order valence-corrected chi connectivity index (χ0v) is 12.7. The lowest BCUT2D eigenvalue weighted by Crippen LogP contribution is -2.15. The van der Waals surface area contributed by atoms with Gasteiger partial charge in [0.05, 0.1) is 4.90 Å². The van der Waals surface area contributed by atoms with Crippen LogP contribution in [0.15, 0.2) is 47.4 Å². The Labute approximate surface area is 125 Å². The highest BCUT2D eigenvalue weighted by atomic mass is 32.2. The number of nitrogens with two attached hydrogens (primary N) is 1. The number of anilines is 1. The molecule has 5 heteroatoms. The van der Waals surface area contributed by atoms with Crippen LogP contribution in [0.25, 0.3) is 0 Å². The molecule has 0 unspecified atom stereocenters. The Bertz CT molecular complexity index is 767. The fraction of sp³-hybridized carbons (Fsp3) is 0.250. The third kappa shape index (κ3) is 2.94. The average molecular weight is 302 g/mol. The molecule has 2 aromatic carbocycles. The zero-order valence-electron chi connectivity index (χ0n) is 11.9. The van der Waals surface area contributed by atoms with E-state index < -0.39 is 9.84 Å². The monoisotopic (exact) mass is 302 g/mol. The van der Waals surface area contributed by atoms with Crippen molar-refractivity contribution >= 4 is 15.5 Å². The Morgan fingerprint density at radius 1 is 1.10 bits per heavy atom. The maximum Gasteiger partial charge on any atom is 0.175 e. The Morgan fingerprint density at radius 2 is 1.81 bits per heavy atom. The van der Waals surface area contributed by atoms with Crippen LogP contribution in [-0.4, -0.2) is 19.6 Å². The summed E-state index contributed by atoms with van der Waals surface area (Å²) in [4.78, 5) is 2.66. The molecule has 0 fully saturated rings. The molecule has 0 spiro atoms. The summed E-state index contributed by atoms with van der Waals surface area (Å²) in [6.45, 7) is 2.52. The van der Waals surface area contributed by atoms with Crippen LogP contribution in [0.3, 0.4) is 0 Å². The number of fused-ring (bicyclic) bond motifs is 1. The standard InChI is InChI=1S/C16H18N2O2S/c1-21(19,20)14-7-5-12(6-8-14)9-18-10-13-3-2-4-16(17)15(13)11-18/h2-8H,9-11,17H2,1H3. The molecular formula is C16H18N2O2S. The van der Waals surface area contributed by atoms with E-state index in [1.165, 1.54) is 17.4 Å². The number of hydrogen-bond acceptors (Lipinski definition) is 4. The molecule has 1 aliphatic heterocycles. The molecular weight excluding hydrogens is 284 g/mol. The molecule has 0 aliphatic carbocycles. The zero-order chi connectivity index (χ0) is 15.0. The van der Waals surface area contributed by atoms with Crippen molar-refractivity contribution in [3.8, 4) is 0 Å². The van der Waals surface area contributed by atoms with Crippen LogP contribution in [0.5, 0.6) is 0 Å². The highest BCUT2D eigenvalue weighted by molar-refractivity contribution is 7.90. The summed E-state index contributed by atoms with van der Waals surface area (Å²) in [5, 5.41) is 0. The Hall–Kier alpha value is -1.85. The number of benzene rings is 2. The number of sulfone groups is 1. The molecule has 0 amide bonds. The maximum atomic E-state index is 11.5. The second-order valence-corrected chi connectivity index (χ2v) is 7.56. The van der Waals surface area contributed by atoms with Crippen LogP contribution >= 0.6 is 0 Å². The molecule has 2 N–H and O–H groups in total. The third-order valence-corrected chi connectivity index (χ3v) is 4.97. The van der Waals surface area contributed by atoms with E-state index in [-0.39, 0.29) is 0 Å². The molecule has 1 aliphatic rings. The van der Waals surface area contributed by atoms with Crippen molar-refractivity contribution in [2.45, 2.75) is 24.5 Å². The Kier molecular flexibility index (Phi) is 3.47. The van der Waals surface area contributed by atoms with Gasteiger partial charge in [0.1, 0.15) is 0 Å². The van der Waals surface area contributed by atoms with E-state index >= 15 is 0 Å². The molecule has 21 heavy (non-hydrogen) atoms. The molecule has 0 saturated carbocycles. The van der Waals surface area contributed by atoms with Crippen LogP contribution < -0.4 is 5.73 Å². The molecule has 0 bridgehead atoms. The first-order valence-corrected chi connectivity index (χ1v) is 8.70. The Morgan fingerprint density at radius 3 is 2.43 bits per heavy atom. The molecule has 0 aromatic heterocycles. The molecule has 0 saturated heterocycles. The smallest absolute Gasteiger partial charge is 0.175 e. The molecule has 0 atom stereocenters. The van der Waals surface area contributed by atoms with Gasteiger partial charge in [0.25, 0.3) is 0 Å². The van der Waals surface area contributed by atoms with Crippen molar-refractivity contribution in [1.29, 1.82) is 0 Å². The predicted octanol–water partition coefficient (Wildman–Crippen LogP) is 2.19. The maximum absolute atomic E-state index is 11.5. The van der Waals surface area contributed by atoms with Crippen LogP contribution in [0.2, 0.25) is 0 Å².